The third-order valence-electron chi connectivity index (χ3n) is 2.54. The summed E-state index contributed by atoms with van der Waals surface area (Å²) in [4.78, 5) is 0. The molecule has 71 valence electrons. The fourth-order valence-corrected chi connectivity index (χ4v) is 3.04. The Kier molecular flexibility index (Phi) is 5.93. The fraction of sp³-hybridized carbons (Fsp3) is 0.909. The zero-order valence-corrected chi connectivity index (χ0v) is 9.04. The lowest BCUT2D eigenvalue weighted by Crippen LogP contribution is -2.01. The van der Waals surface area contributed by atoms with Gasteiger partial charge in [-0.05, 0) is 25.0 Å². The van der Waals surface area contributed by atoms with Crippen LogP contribution >= 0.6 is 11.8 Å². The molecule has 0 N–H and O–H groups in total. The maximum atomic E-state index is 2.40. The lowest BCUT2D eigenvalue weighted by atomic mass is 10.2. The van der Waals surface area contributed by atoms with Crippen molar-refractivity contribution in [2.24, 2.45) is 0 Å². The smallest absolute Gasteiger partial charge is 0.00471 e. The van der Waals surface area contributed by atoms with E-state index < -0.39 is 0 Å². The van der Waals surface area contributed by atoms with E-state index in [0.29, 0.717) is 0 Å². The van der Waals surface area contributed by atoms with Gasteiger partial charge in [0.1, 0.15) is 0 Å². The SMILES string of the molecule is CC[CH]CSC1CCCCCC1. The standard InChI is InChI=1S/C11H21S/c1-2-3-10-12-11-8-6-4-5-7-9-11/h3,11H,2,4-10H2,1H3. The third-order valence-corrected chi connectivity index (χ3v) is 3.91. The molecule has 1 saturated carbocycles. The van der Waals surface area contributed by atoms with Crippen molar-refractivity contribution in [2.75, 3.05) is 5.75 Å². The van der Waals surface area contributed by atoms with Crippen LogP contribution in [0.3, 0.4) is 0 Å². The molecule has 0 saturated heterocycles. The Bertz CT molecular complexity index is 93.2. The van der Waals surface area contributed by atoms with E-state index in [1.54, 1.807) is 0 Å². The molecular formula is C11H21S. The predicted molar refractivity (Wildman–Crippen MR) is 58.5 cm³/mol. The van der Waals surface area contributed by atoms with Gasteiger partial charge in [0, 0.05) is 5.25 Å². The summed E-state index contributed by atoms with van der Waals surface area (Å²) in [5.41, 5.74) is 0. The van der Waals surface area contributed by atoms with Gasteiger partial charge in [0.15, 0.2) is 0 Å². The molecular weight excluding hydrogens is 164 g/mol. The number of hydrogen-bond acceptors (Lipinski definition) is 1. The minimum absolute atomic E-state index is 0.982. The lowest BCUT2D eigenvalue weighted by molar-refractivity contribution is 0.702. The molecule has 12 heavy (non-hydrogen) atoms. The van der Waals surface area contributed by atoms with Gasteiger partial charge in [-0.2, -0.15) is 11.8 Å². The zero-order chi connectivity index (χ0) is 8.65. The van der Waals surface area contributed by atoms with Crippen molar-refractivity contribution >= 4 is 11.8 Å². The molecule has 1 aliphatic carbocycles. The minimum Gasteiger partial charge on any atom is -0.158 e. The topological polar surface area (TPSA) is 0 Å². The van der Waals surface area contributed by atoms with Crippen molar-refractivity contribution < 1.29 is 0 Å². The van der Waals surface area contributed by atoms with Crippen LogP contribution in [0, 0.1) is 6.42 Å². The van der Waals surface area contributed by atoms with Crippen molar-refractivity contribution in [1.82, 2.24) is 0 Å². The van der Waals surface area contributed by atoms with Crippen LogP contribution < -0.4 is 0 Å². The normalized spacial score (nSPS) is 20.8. The molecule has 0 heterocycles. The van der Waals surface area contributed by atoms with Gasteiger partial charge in [-0.15, -0.1) is 0 Å². The first kappa shape index (κ1) is 10.4. The average molecular weight is 185 g/mol. The van der Waals surface area contributed by atoms with E-state index >= 15 is 0 Å². The maximum absolute atomic E-state index is 2.40. The van der Waals surface area contributed by atoms with Crippen LogP contribution in [0.1, 0.15) is 51.9 Å². The quantitative estimate of drug-likeness (QED) is 0.470. The average Bonchev–Trinajstić information content (AvgIpc) is 2.33. The summed E-state index contributed by atoms with van der Waals surface area (Å²) in [7, 11) is 0. The van der Waals surface area contributed by atoms with Gasteiger partial charge < -0.3 is 0 Å². The Labute approximate surface area is 81.5 Å². The van der Waals surface area contributed by atoms with Crippen LogP contribution in [0.25, 0.3) is 0 Å². The molecule has 0 unspecified atom stereocenters. The Hall–Kier alpha value is 0.350. The van der Waals surface area contributed by atoms with Gasteiger partial charge in [0.25, 0.3) is 0 Å². The van der Waals surface area contributed by atoms with E-state index in [4.69, 9.17) is 0 Å². The molecule has 0 bridgehead atoms. The molecule has 0 amide bonds. The van der Waals surface area contributed by atoms with Gasteiger partial charge in [-0.3, -0.25) is 0 Å². The molecule has 0 aromatic carbocycles. The summed E-state index contributed by atoms with van der Waals surface area (Å²) in [6.45, 7) is 2.23. The fourth-order valence-electron chi connectivity index (χ4n) is 1.73. The molecule has 0 aromatic rings. The third kappa shape index (κ3) is 4.39. The molecule has 0 spiro atoms. The van der Waals surface area contributed by atoms with E-state index in [9.17, 15) is 0 Å². The Morgan fingerprint density at radius 1 is 1.17 bits per heavy atom. The second kappa shape index (κ2) is 6.82. The number of unbranched alkanes of at least 4 members (excludes halogenated alkanes) is 1. The van der Waals surface area contributed by atoms with Gasteiger partial charge >= 0.3 is 0 Å². The monoisotopic (exact) mass is 185 g/mol. The predicted octanol–water partition coefficient (Wildman–Crippen LogP) is 4.06. The van der Waals surface area contributed by atoms with Crippen LogP contribution in [0.2, 0.25) is 0 Å². The highest BCUT2D eigenvalue weighted by Gasteiger charge is 2.11. The van der Waals surface area contributed by atoms with E-state index in [2.05, 4.69) is 25.1 Å². The first-order chi connectivity index (χ1) is 5.93. The lowest BCUT2D eigenvalue weighted by Gasteiger charge is -2.12. The van der Waals surface area contributed by atoms with E-state index in [0.717, 1.165) is 5.25 Å². The number of thioether (sulfide) groups is 1. The van der Waals surface area contributed by atoms with Crippen molar-refractivity contribution in [2.45, 2.75) is 57.1 Å². The summed E-state index contributed by atoms with van der Waals surface area (Å²) in [5.74, 6) is 1.28. The van der Waals surface area contributed by atoms with Crippen molar-refractivity contribution in [3.05, 3.63) is 6.42 Å². The van der Waals surface area contributed by atoms with Crippen molar-refractivity contribution in [3.8, 4) is 0 Å². The van der Waals surface area contributed by atoms with Crippen LogP contribution in [0.5, 0.6) is 0 Å². The van der Waals surface area contributed by atoms with E-state index in [1.807, 2.05) is 0 Å². The zero-order valence-electron chi connectivity index (χ0n) is 8.22. The summed E-state index contributed by atoms with van der Waals surface area (Å²) in [5, 5.41) is 0.982. The largest absolute Gasteiger partial charge is 0.158 e. The highest BCUT2D eigenvalue weighted by atomic mass is 32.2. The minimum atomic E-state index is 0.982. The molecule has 1 heteroatoms. The Balaban J connectivity index is 2.04. The first-order valence-electron chi connectivity index (χ1n) is 5.36. The highest BCUT2D eigenvalue weighted by Crippen LogP contribution is 2.27. The maximum Gasteiger partial charge on any atom is 0.00471 e. The van der Waals surface area contributed by atoms with Crippen LogP contribution in [0.15, 0.2) is 0 Å². The molecule has 1 fully saturated rings. The second-order valence-electron chi connectivity index (χ2n) is 3.64. The van der Waals surface area contributed by atoms with Gasteiger partial charge in [-0.1, -0.05) is 39.0 Å². The molecule has 0 aromatic heterocycles. The van der Waals surface area contributed by atoms with Crippen LogP contribution in [-0.2, 0) is 0 Å². The number of hydrogen-bond donors (Lipinski definition) is 0. The van der Waals surface area contributed by atoms with Crippen molar-refractivity contribution in [1.29, 1.82) is 0 Å². The van der Waals surface area contributed by atoms with E-state index in [-0.39, 0.29) is 0 Å². The second-order valence-corrected chi connectivity index (χ2v) is 4.98. The summed E-state index contributed by atoms with van der Waals surface area (Å²) in [6.07, 6.45) is 12.5. The Morgan fingerprint density at radius 2 is 1.83 bits per heavy atom. The first-order valence-corrected chi connectivity index (χ1v) is 6.41. The van der Waals surface area contributed by atoms with Gasteiger partial charge in [0.2, 0.25) is 0 Å². The number of rotatable bonds is 4. The molecule has 0 atom stereocenters. The Morgan fingerprint density at radius 3 is 2.42 bits per heavy atom. The van der Waals surface area contributed by atoms with Gasteiger partial charge in [-0.25, -0.2) is 0 Å². The summed E-state index contributed by atoms with van der Waals surface area (Å²) >= 11 is 2.18. The van der Waals surface area contributed by atoms with Crippen molar-refractivity contribution in [3.63, 3.8) is 0 Å². The van der Waals surface area contributed by atoms with E-state index in [1.165, 1.54) is 50.7 Å². The summed E-state index contributed by atoms with van der Waals surface area (Å²) < 4.78 is 0. The van der Waals surface area contributed by atoms with Gasteiger partial charge in [0.05, 0.1) is 0 Å². The van der Waals surface area contributed by atoms with Crippen LogP contribution in [0.4, 0.5) is 0 Å². The molecule has 1 radical (unpaired) electrons. The molecule has 0 nitrogen and oxygen atoms in total. The van der Waals surface area contributed by atoms with Crippen LogP contribution in [-0.4, -0.2) is 11.0 Å². The molecule has 1 rings (SSSR count). The highest BCUT2D eigenvalue weighted by molar-refractivity contribution is 8.00. The molecule has 0 aliphatic heterocycles. The molecule has 1 aliphatic rings. The summed E-state index contributed by atoms with van der Waals surface area (Å²) in [6, 6.07) is 0.